The summed E-state index contributed by atoms with van der Waals surface area (Å²) in [5.74, 6) is -0.00395. The van der Waals surface area contributed by atoms with E-state index < -0.39 is 34.1 Å². The number of hydrogen-bond donors (Lipinski definition) is 1. The van der Waals surface area contributed by atoms with Gasteiger partial charge in [0.05, 0.1) is 10.6 Å². The van der Waals surface area contributed by atoms with Gasteiger partial charge in [0.25, 0.3) is 12.0 Å². The summed E-state index contributed by atoms with van der Waals surface area (Å²) >= 11 is 0. The van der Waals surface area contributed by atoms with Crippen molar-refractivity contribution in [3.8, 4) is 5.75 Å². The Morgan fingerprint density at radius 2 is 1.91 bits per heavy atom. The van der Waals surface area contributed by atoms with Gasteiger partial charge in [-0.3, -0.25) is 14.3 Å². The topological polar surface area (TPSA) is 107 Å². The van der Waals surface area contributed by atoms with E-state index in [1.807, 2.05) is 13.8 Å². The standard InChI is InChI=1S/C21H28F2N2O6S/c1-21(2,8-4-11-30-15-25-10-7-19(26)24-20(25)27)9-12-32(28,29)17-6-3-5-16(13-17)31-14-18(22)23/h3,5-7,10,13,18H,4,8-9,11-12,14-15H2,1-2H3,(H,24,26,27). The van der Waals surface area contributed by atoms with E-state index in [2.05, 4.69) is 4.98 Å². The maximum absolute atomic E-state index is 12.7. The van der Waals surface area contributed by atoms with Crippen molar-refractivity contribution in [1.82, 2.24) is 9.55 Å². The summed E-state index contributed by atoms with van der Waals surface area (Å²) < 4.78 is 61.5. The Balaban J connectivity index is 1.80. The summed E-state index contributed by atoms with van der Waals surface area (Å²) in [6, 6.07) is 6.81. The molecule has 0 unspecified atom stereocenters. The molecule has 0 radical (unpaired) electrons. The van der Waals surface area contributed by atoms with Gasteiger partial charge in [-0.25, -0.2) is 22.0 Å². The van der Waals surface area contributed by atoms with Crippen LogP contribution >= 0.6 is 0 Å². The second kappa shape index (κ2) is 11.4. The fourth-order valence-electron chi connectivity index (χ4n) is 2.93. The lowest BCUT2D eigenvalue weighted by atomic mass is 9.85. The zero-order valence-corrected chi connectivity index (χ0v) is 18.9. The fourth-order valence-corrected chi connectivity index (χ4v) is 4.57. The number of nitrogens with one attached hydrogen (secondary N) is 1. The van der Waals surface area contributed by atoms with Gasteiger partial charge in [0, 0.05) is 18.9 Å². The van der Waals surface area contributed by atoms with Crippen molar-refractivity contribution in [2.75, 3.05) is 19.0 Å². The maximum atomic E-state index is 12.7. The first kappa shape index (κ1) is 25.7. The number of halogens is 2. The first-order valence-electron chi connectivity index (χ1n) is 10.1. The molecule has 0 fully saturated rings. The smallest absolute Gasteiger partial charge is 0.330 e. The summed E-state index contributed by atoms with van der Waals surface area (Å²) in [5, 5.41) is 0. The Kier molecular flexibility index (Phi) is 9.14. The zero-order chi connectivity index (χ0) is 23.8. The Hall–Kier alpha value is -2.53. The van der Waals surface area contributed by atoms with Crippen molar-refractivity contribution in [3.05, 3.63) is 57.4 Å². The molecule has 2 aromatic rings. The summed E-state index contributed by atoms with van der Waals surface area (Å²) in [6.45, 7) is 3.49. The van der Waals surface area contributed by atoms with Gasteiger partial charge in [-0.1, -0.05) is 19.9 Å². The summed E-state index contributed by atoms with van der Waals surface area (Å²) in [5.41, 5.74) is -1.31. The number of alkyl halides is 2. The van der Waals surface area contributed by atoms with Gasteiger partial charge in [0.15, 0.2) is 9.84 Å². The van der Waals surface area contributed by atoms with E-state index >= 15 is 0 Å². The Morgan fingerprint density at radius 3 is 2.59 bits per heavy atom. The number of nitrogens with zero attached hydrogens (tertiary/aromatic N) is 1. The molecule has 178 valence electrons. The molecule has 0 saturated carbocycles. The predicted octanol–water partition coefficient (Wildman–Crippen LogP) is 2.83. The number of aromatic nitrogens is 2. The third kappa shape index (κ3) is 8.54. The largest absolute Gasteiger partial charge is 0.488 e. The van der Waals surface area contributed by atoms with Crippen LogP contribution in [0.15, 0.2) is 51.0 Å². The molecule has 0 aliphatic rings. The molecule has 1 aromatic carbocycles. The van der Waals surface area contributed by atoms with Crippen LogP contribution < -0.4 is 16.0 Å². The molecular formula is C21H28F2N2O6S. The van der Waals surface area contributed by atoms with Crippen molar-refractivity contribution in [1.29, 1.82) is 0 Å². The molecule has 1 aromatic heterocycles. The molecule has 0 saturated heterocycles. The first-order valence-corrected chi connectivity index (χ1v) is 11.7. The second-order valence-electron chi connectivity index (χ2n) is 8.13. The molecule has 0 bridgehead atoms. The number of rotatable bonds is 13. The van der Waals surface area contributed by atoms with Crippen molar-refractivity contribution < 1.29 is 26.7 Å². The van der Waals surface area contributed by atoms with E-state index in [1.165, 1.54) is 41.1 Å². The highest BCUT2D eigenvalue weighted by molar-refractivity contribution is 7.91. The molecule has 2 rings (SSSR count). The average Bonchev–Trinajstić information content (AvgIpc) is 2.72. The van der Waals surface area contributed by atoms with E-state index in [9.17, 15) is 26.8 Å². The van der Waals surface area contributed by atoms with Gasteiger partial charge in [0.2, 0.25) is 0 Å². The monoisotopic (exact) mass is 474 g/mol. The number of sulfone groups is 1. The van der Waals surface area contributed by atoms with Crippen LogP contribution in [0.1, 0.15) is 33.1 Å². The van der Waals surface area contributed by atoms with Crippen LogP contribution in [0.3, 0.4) is 0 Å². The van der Waals surface area contributed by atoms with E-state index in [0.717, 1.165) is 0 Å². The number of hydrogen-bond acceptors (Lipinski definition) is 6. The van der Waals surface area contributed by atoms with Crippen molar-refractivity contribution >= 4 is 9.84 Å². The quantitative estimate of drug-likeness (QED) is 0.448. The van der Waals surface area contributed by atoms with Crippen molar-refractivity contribution in [2.24, 2.45) is 5.41 Å². The molecule has 11 heteroatoms. The summed E-state index contributed by atoms with van der Waals surface area (Å²) in [7, 11) is -3.60. The highest BCUT2D eigenvalue weighted by Gasteiger charge is 2.23. The third-order valence-electron chi connectivity index (χ3n) is 4.86. The third-order valence-corrected chi connectivity index (χ3v) is 6.57. The Labute approximate surface area is 185 Å². The minimum atomic E-state index is -3.60. The molecule has 32 heavy (non-hydrogen) atoms. The second-order valence-corrected chi connectivity index (χ2v) is 10.2. The first-order chi connectivity index (χ1) is 15.0. The number of benzene rings is 1. The van der Waals surface area contributed by atoms with Crippen LogP contribution in [0.2, 0.25) is 0 Å². The molecule has 0 spiro atoms. The van der Waals surface area contributed by atoms with Gasteiger partial charge in [0.1, 0.15) is 19.1 Å². The van der Waals surface area contributed by atoms with Gasteiger partial charge < -0.3 is 9.47 Å². The van der Waals surface area contributed by atoms with E-state index in [-0.39, 0.29) is 28.5 Å². The fraction of sp³-hybridized carbons (Fsp3) is 0.524. The number of H-pyrrole nitrogens is 1. The van der Waals surface area contributed by atoms with Crippen LogP contribution in [0.25, 0.3) is 0 Å². The van der Waals surface area contributed by atoms with Gasteiger partial charge in [-0.05, 0) is 42.9 Å². The van der Waals surface area contributed by atoms with Gasteiger partial charge >= 0.3 is 5.69 Å². The maximum Gasteiger partial charge on any atom is 0.330 e. The van der Waals surface area contributed by atoms with Crippen LogP contribution in [0, 0.1) is 5.41 Å². The molecule has 0 atom stereocenters. The predicted molar refractivity (Wildman–Crippen MR) is 115 cm³/mol. The lowest BCUT2D eigenvalue weighted by molar-refractivity contribution is 0.0651. The van der Waals surface area contributed by atoms with Gasteiger partial charge in [-0.15, -0.1) is 0 Å². The highest BCUT2D eigenvalue weighted by Crippen LogP contribution is 2.29. The molecule has 0 aliphatic heterocycles. The SMILES string of the molecule is CC(C)(CCCOCn1ccc(=O)[nH]c1=O)CCS(=O)(=O)c1cccc(OCC(F)F)c1. The molecule has 0 aliphatic carbocycles. The van der Waals surface area contributed by atoms with E-state index in [4.69, 9.17) is 9.47 Å². The zero-order valence-electron chi connectivity index (χ0n) is 18.1. The van der Waals surface area contributed by atoms with E-state index in [0.29, 0.717) is 25.9 Å². The Bertz CT molecular complexity index is 1100. The number of ether oxygens (including phenoxy) is 2. The molecule has 1 N–H and O–H groups in total. The van der Waals surface area contributed by atoms with Gasteiger partial charge in [-0.2, -0.15) is 0 Å². The lowest BCUT2D eigenvalue weighted by Gasteiger charge is -2.24. The van der Waals surface area contributed by atoms with Crippen LogP contribution in [-0.4, -0.2) is 43.4 Å². The highest BCUT2D eigenvalue weighted by atomic mass is 32.2. The molecular weight excluding hydrogens is 446 g/mol. The molecule has 0 amide bonds. The Morgan fingerprint density at radius 1 is 1.16 bits per heavy atom. The minimum absolute atomic E-state index is 0.00833. The molecule has 8 nitrogen and oxygen atoms in total. The summed E-state index contributed by atoms with van der Waals surface area (Å²) in [6.07, 6.45) is 0.459. The molecule has 1 heterocycles. The van der Waals surface area contributed by atoms with Crippen molar-refractivity contribution in [2.45, 2.75) is 51.2 Å². The normalized spacial score (nSPS) is 12.3. The summed E-state index contributed by atoms with van der Waals surface area (Å²) in [4.78, 5) is 24.8. The minimum Gasteiger partial charge on any atom is -0.488 e. The van der Waals surface area contributed by atoms with Crippen LogP contribution in [0.5, 0.6) is 5.75 Å². The van der Waals surface area contributed by atoms with Crippen molar-refractivity contribution in [3.63, 3.8) is 0 Å². The average molecular weight is 475 g/mol. The lowest BCUT2D eigenvalue weighted by Crippen LogP contribution is -2.29. The van der Waals surface area contributed by atoms with E-state index in [1.54, 1.807) is 0 Å². The van der Waals surface area contributed by atoms with Crippen LogP contribution in [0.4, 0.5) is 8.78 Å². The number of aromatic amines is 1. The van der Waals surface area contributed by atoms with Crippen LogP contribution in [-0.2, 0) is 21.3 Å².